The van der Waals surface area contributed by atoms with Crippen LogP contribution in [0.3, 0.4) is 0 Å². The van der Waals surface area contributed by atoms with Gasteiger partial charge in [-0.05, 0) is 6.92 Å². The van der Waals surface area contributed by atoms with Gasteiger partial charge >= 0.3 is 5.97 Å². The lowest BCUT2D eigenvalue weighted by Gasteiger charge is -2.03. The maximum atomic E-state index is 10.8. The largest absolute Gasteiger partial charge is 0.478 e. The van der Waals surface area contributed by atoms with Crippen molar-refractivity contribution < 1.29 is 14.6 Å². The van der Waals surface area contributed by atoms with Crippen LogP contribution in [0.25, 0.3) is 0 Å². The van der Waals surface area contributed by atoms with E-state index in [2.05, 4.69) is 9.97 Å². The van der Waals surface area contributed by atoms with E-state index in [1.54, 1.807) is 0 Å². The third-order valence-electron chi connectivity index (χ3n) is 1.71. The van der Waals surface area contributed by atoms with Crippen LogP contribution in [0.1, 0.15) is 23.0 Å². The highest BCUT2D eigenvalue weighted by Gasteiger charge is 2.10. The highest BCUT2D eigenvalue weighted by molar-refractivity contribution is 5.88. The summed E-state index contributed by atoms with van der Waals surface area (Å²) in [6.07, 6.45) is 6.27. The monoisotopic (exact) mass is 208 g/mol. The molecule has 0 aliphatic heterocycles. The topological polar surface area (TPSA) is 72.3 Å². The van der Waals surface area contributed by atoms with E-state index in [0.29, 0.717) is 12.3 Å². The predicted molar refractivity (Wildman–Crippen MR) is 53.5 cm³/mol. The van der Waals surface area contributed by atoms with Crippen molar-refractivity contribution in [2.75, 3.05) is 6.61 Å². The van der Waals surface area contributed by atoms with Gasteiger partial charge in [-0.3, -0.25) is 0 Å². The average Bonchev–Trinajstić information content (AvgIpc) is 2.25. The lowest BCUT2D eigenvalue weighted by Crippen LogP contribution is -2.07. The Kier molecular flexibility index (Phi) is 4.43. The van der Waals surface area contributed by atoms with Gasteiger partial charge in [-0.1, -0.05) is 12.2 Å². The molecule has 0 amide bonds. The number of hydrogen-bond acceptors (Lipinski definition) is 4. The molecule has 5 nitrogen and oxygen atoms in total. The van der Waals surface area contributed by atoms with Crippen molar-refractivity contribution in [2.24, 2.45) is 0 Å². The van der Waals surface area contributed by atoms with Crippen LogP contribution in [0.2, 0.25) is 0 Å². The van der Waals surface area contributed by atoms with Gasteiger partial charge in [0.25, 0.3) is 0 Å². The third kappa shape index (κ3) is 3.47. The first-order chi connectivity index (χ1) is 7.25. The quantitative estimate of drug-likeness (QED) is 0.582. The Balaban J connectivity index is 2.63. The van der Waals surface area contributed by atoms with Crippen molar-refractivity contribution in [3.63, 3.8) is 0 Å². The highest BCUT2D eigenvalue weighted by Crippen LogP contribution is 2.04. The summed E-state index contributed by atoms with van der Waals surface area (Å²) in [5, 5.41) is 8.82. The Labute approximate surface area is 87.4 Å². The molecule has 0 fully saturated rings. The fraction of sp³-hybridized carbons (Fsp3) is 0.300. The zero-order valence-electron chi connectivity index (χ0n) is 8.38. The molecule has 0 aromatic carbocycles. The molecule has 5 heteroatoms. The molecular weight excluding hydrogens is 196 g/mol. The van der Waals surface area contributed by atoms with Crippen LogP contribution in [-0.2, 0) is 11.3 Å². The molecule has 0 bridgehead atoms. The summed E-state index contributed by atoms with van der Waals surface area (Å²) in [5.41, 5.74) is 0.472. The molecule has 1 aromatic rings. The normalized spacial score (nSPS) is 10.7. The van der Waals surface area contributed by atoms with Gasteiger partial charge in [-0.25, -0.2) is 14.8 Å². The molecule has 1 aromatic heterocycles. The zero-order chi connectivity index (χ0) is 11.1. The molecule has 0 saturated heterocycles. The Bertz CT molecular complexity index is 363. The van der Waals surface area contributed by atoms with Crippen LogP contribution in [-0.4, -0.2) is 27.7 Å². The van der Waals surface area contributed by atoms with Crippen molar-refractivity contribution in [2.45, 2.75) is 13.5 Å². The van der Waals surface area contributed by atoms with Gasteiger partial charge in [-0.15, -0.1) is 0 Å². The lowest BCUT2D eigenvalue weighted by molar-refractivity contribution is 0.0688. The van der Waals surface area contributed by atoms with Crippen molar-refractivity contribution >= 4 is 5.97 Å². The van der Waals surface area contributed by atoms with Crippen LogP contribution in [0.5, 0.6) is 0 Å². The SMILES string of the molecule is C/C=C/COCc1ncncc1C(=O)O. The summed E-state index contributed by atoms with van der Waals surface area (Å²) in [6.45, 7) is 2.50. The van der Waals surface area contributed by atoms with Crippen molar-refractivity contribution in [3.8, 4) is 0 Å². The molecule has 0 aliphatic rings. The van der Waals surface area contributed by atoms with Crippen LogP contribution in [0.4, 0.5) is 0 Å². The second-order valence-electron chi connectivity index (χ2n) is 2.77. The number of carboxylic acids is 1. The smallest absolute Gasteiger partial charge is 0.339 e. The number of carboxylic acid groups (broad SMARTS) is 1. The van der Waals surface area contributed by atoms with E-state index in [1.165, 1.54) is 12.5 Å². The number of nitrogens with zero attached hydrogens (tertiary/aromatic N) is 2. The number of rotatable bonds is 5. The molecule has 1 N–H and O–H groups in total. The second kappa shape index (κ2) is 5.87. The number of aromatic nitrogens is 2. The fourth-order valence-electron chi connectivity index (χ4n) is 0.968. The van der Waals surface area contributed by atoms with Crippen molar-refractivity contribution in [1.29, 1.82) is 0 Å². The summed E-state index contributed by atoms with van der Waals surface area (Å²) >= 11 is 0. The van der Waals surface area contributed by atoms with Crippen molar-refractivity contribution in [3.05, 3.63) is 35.9 Å². The Hall–Kier alpha value is -1.75. The second-order valence-corrected chi connectivity index (χ2v) is 2.77. The molecular formula is C10H12N2O3. The van der Waals surface area contributed by atoms with Gasteiger partial charge in [-0.2, -0.15) is 0 Å². The zero-order valence-corrected chi connectivity index (χ0v) is 8.38. The van der Waals surface area contributed by atoms with Crippen molar-refractivity contribution in [1.82, 2.24) is 9.97 Å². The first-order valence-electron chi connectivity index (χ1n) is 4.46. The van der Waals surface area contributed by atoms with E-state index < -0.39 is 5.97 Å². The molecule has 0 unspecified atom stereocenters. The minimum absolute atomic E-state index is 0.0815. The number of aromatic carboxylic acids is 1. The lowest BCUT2D eigenvalue weighted by atomic mass is 10.2. The number of hydrogen-bond donors (Lipinski definition) is 1. The minimum atomic E-state index is -1.04. The summed E-state index contributed by atoms with van der Waals surface area (Å²) < 4.78 is 5.21. The van der Waals surface area contributed by atoms with Gasteiger partial charge in [0.2, 0.25) is 0 Å². The van der Waals surface area contributed by atoms with E-state index in [9.17, 15) is 4.79 Å². The first-order valence-corrected chi connectivity index (χ1v) is 4.46. The Morgan fingerprint density at radius 1 is 1.67 bits per heavy atom. The Morgan fingerprint density at radius 2 is 2.47 bits per heavy atom. The summed E-state index contributed by atoms with van der Waals surface area (Å²) in [6, 6.07) is 0. The maximum absolute atomic E-state index is 10.8. The molecule has 1 heterocycles. The van der Waals surface area contributed by atoms with Crippen LogP contribution in [0.15, 0.2) is 24.7 Å². The minimum Gasteiger partial charge on any atom is -0.478 e. The van der Waals surface area contributed by atoms with Crippen LogP contribution in [0, 0.1) is 0 Å². The molecule has 0 spiro atoms. The molecule has 0 aliphatic carbocycles. The van der Waals surface area contributed by atoms with Gasteiger partial charge in [0.1, 0.15) is 11.9 Å². The predicted octanol–water partition coefficient (Wildman–Crippen LogP) is 1.27. The van der Waals surface area contributed by atoms with E-state index in [0.717, 1.165) is 0 Å². The van der Waals surface area contributed by atoms with Gasteiger partial charge in [0.05, 0.1) is 18.9 Å². The van der Waals surface area contributed by atoms with Gasteiger partial charge in [0, 0.05) is 6.20 Å². The first kappa shape index (κ1) is 11.3. The average molecular weight is 208 g/mol. The number of ether oxygens (including phenoxy) is 1. The molecule has 1 rings (SSSR count). The van der Waals surface area contributed by atoms with Gasteiger partial charge in [0.15, 0.2) is 0 Å². The summed E-state index contributed by atoms with van der Waals surface area (Å²) in [4.78, 5) is 18.3. The third-order valence-corrected chi connectivity index (χ3v) is 1.71. The molecule has 0 atom stereocenters. The van der Waals surface area contributed by atoms with Crippen LogP contribution < -0.4 is 0 Å². The Morgan fingerprint density at radius 3 is 3.13 bits per heavy atom. The summed E-state index contributed by atoms with van der Waals surface area (Å²) in [7, 11) is 0. The van der Waals surface area contributed by atoms with E-state index in [4.69, 9.17) is 9.84 Å². The van der Waals surface area contributed by atoms with Gasteiger partial charge < -0.3 is 9.84 Å². The molecule has 0 saturated carbocycles. The maximum Gasteiger partial charge on any atom is 0.339 e. The van der Waals surface area contributed by atoms with Crippen LogP contribution >= 0.6 is 0 Å². The fourth-order valence-corrected chi connectivity index (χ4v) is 0.968. The standard InChI is InChI=1S/C10H12N2O3/c1-2-3-4-15-6-9-8(10(13)14)5-11-7-12-9/h2-3,5,7H,4,6H2,1H3,(H,13,14)/b3-2+. The summed E-state index contributed by atoms with van der Waals surface area (Å²) in [5.74, 6) is -1.04. The molecule has 15 heavy (non-hydrogen) atoms. The number of carbonyl (C=O) groups is 1. The van der Waals surface area contributed by atoms with E-state index >= 15 is 0 Å². The molecule has 80 valence electrons. The highest BCUT2D eigenvalue weighted by atomic mass is 16.5. The van der Waals surface area contributed by atoms with E-state index in [-0.39, 0.29) is 12.2 Å². The van der Waals surface area contributed by atoms with E-state index in [1.807, 2.05) is 19.1 Å². The molecule has 0 radical (unpaired) electrons. The number of allylic oxidation sites excluding steroid dienone is 1.